The van der Waals surface area contributed by atoms with Crippen molar-refractivity contribution >= 4 is 22.9 Å². The molecule has 0 bridgehead atoms. The fraction of sp³-hybridized carbons (Fsp3) is 0.353. The van der Waals surface area contributed by atoms with Crippen LogP contribution in [0.15, 0.2) is 41.8 Å². The Kier molecular flexibility index (Phi) is 4.25. The fourth-order valence-electron chi connectivity index (χ4n) is 2.64. The molecule has 0 radical (unpaired) electrons. The summed E-state index contributed by atoms with van der Waals surface area (Å²) in [5, 5.41) is 2.03. The molecule has 0 atom stereocenters. The van der Waals surface area contributed by atoms with Gasteiger partial charge in [-0.3, -0.25) is 4.79 Å². The standard InChI is InChI=1S/C17H20N2OS/c1-14-4-6-15(7-5-14)18-8-10-19(11-9-18)17(20)13-16-3-2-12-21-16/h2-7,12H,8-11,13H2,1H3. The van der Waals surface area contributed by atoms with Crippen molar-refractivity contribution in [3.8, 4) is 0 Å². The SMILES string of the molecule is Cc1ccc(N2CCN(C(=O)Cc3cccs3)CC2)cc1. The summed E-state index contributed by atoms with van der Waals surface area (Å²) in [4.78, 5) is 17.8. The maximum atomic E-state index is 12.3. The Balaban J connectivity index is 1.55. The lowest BCUT2D eigenvalue weighted by atomic mass is 10.2. The van der Waals surface area contributed by atoms with Gasteiger partial charge in [0.25, 0.3) is 0 Å². The number of hydrogen-bond acceptors (Lipinski definition) is 3. The van der Waals surface area contributed by atoms with Crippen molar-refractivity contribution in [1.29, 1.82) is 0 Å². The Morgan fingerprint density at radius 3 is 2.43 bits per heavy atom. The second-order valence-electron chi connectivity index (χ2n) is 5.46. The molecule has 0 spiro atoms. The summed E-state index contributed by atoms with van der Waals surface area (Å²) in [6, 6.07) is 12.7. The minimum Gasteiger partial charge on any atom is -0.368 e. The van der Waals surface area contributed by atoms with Crippen molar-refractivity contribution < 1.29 is 4.79 Å². The quantitative estimate of drug-likeness (QED) is 0.870. The van der Waals surface area contributed by atoms with Gasteiger partial charge >= 0.3 is 0 Å². The molecule has 110 valence electrons. The van der Waals surface area contributed by atoms with E-state index in [1.165, 1.54) is 11.3 Å². The highest BCUT2D eigenvalue weighted by molar-refractivity contribution is 7.10. The molecule has 3 rings (SSSR count). The molecule has 1 saturated heterocycles. The topological polar surface area (TPSA) is 23.6 Å². The number of piperazine rings is 1. The average Bonchev–Trinajstić information content (AvgIpc) is 3.01. The van der Waals surface area contributed by atoms with Gasteiger partial charge in [-0.15, -0.1) is 11.3 Å². The maximum absolute atomic E-state index is 12.3. The van der Waals surface area contributed by atoms with Crippen LogP contribution in [0, 0.1) is 6.92 Å². The van der Waals surface area contributed by atoms with E-state index in [-0.39, 0.29) is 5.91 Å². The Bertz CT molecular complexity index is 584. The van der Waals surface area contributed by atoms with Gasteiger partial charge in [-0.25, -0.2) is 0 Å². The smallest absolute Gasteiger partial charge is 0.227 e. The lowest BCUT2D eigenvalue weighted by Gasteiger charge is -2.36. The molecule has 1 fully saturated rings. The van der Waals surface area contributed by atoms with Gasteiger partial charge in [-0.1, -0.05) is 23.8 Å². The lowest BCUT2D eigenvalue weighted by molar-refractivity contribution is -0.130. The minimum absolute atomic E-state index is 0.251. The molecule has 2 heterocycles. The second kappa shape index (κ2) is 6.31. The first-order valence-electron chi connectivity index (χ1n) is 7.34. The van der Waals surface area contributed by atoms with Crippen LogP contribution in [-0.4, -0.2) is 37.0 Å². The molecular weight excluding hydrogens is 280 g/mol. The molecule has 1 aromatic heterocycles. The largest absolute Gasteiger partial charge is 0.368 e. The van der Waals surface area contributed by atoms with Crippen LogP contribution >= 0.6 is 11.3 Å². The number of carbonyl (C=O) groups is 1. The molecule has 0 N–H and O–H groups in total. The molecule has 2 aromatic rings. The third-order valence-corrected chi connectivity index (χ3v) is 4.81. The number of anilines is 1. The first-order chi connectivity index (χ1) is 10.2. The Morgan fingerprint density at radius 1 is 1.10 bits per heavy atom. The number of benzene rings is 1. The minimum atomic E-state index is 0.251. The molecule has 1 aromatic carbocycles. The average molecular weight is 300 g/mol. The van der Waals surface area contributed by atoms with Gasteiger partial charge in [0.15, 0.2) is 0 Å². The van der Waals surface area contributed by atoms with Gasteiger partial charge in [0.1, 0.15) is 0 Å². The van der Waals surface area contributed by atoms with Gasteiger partial charge in [0, 0.05) is 36.7 Å². The number of hydrogen-bond donors (Lipinski definition) is 0. The molecule has 3 nitrogen and oxygen atoms in total. The van der Waals surface area contributed by atoms with E-state index in [1.807, 2.05) is 22.4 Å². The van der Waals surface area contributed by atoms with Crippen LogP contribution in [-0.2, 0) is 11.2 Å². The van der Waals surface area contributed by atoms with Gasteiger partial charge in [-0.2, -0.15) is 0 Å². The molecule has 0 aliphatic carbocycles. The molecule has 4 heteroatoms. The summed E-state index contributed by atoms with van der Waals surface area (Å²) < 4.78 is 0. The van der Waals surface area contributed by atoms with Crippen LogP contribution in [0.25, 0.3) is 0 Å². The summed E-state index contributed by atoms with van der Waals surface area (Å²) in [6.07, 6.45) is 0.544. The summed E-state index contributed by atoms with van der Waals surface area (Å²) in [5.41, 5.74) is 2.54. The van der Waals surface area contributed by atoms with E-state index >= 15 is 0 Å². The van der Waals surface area contributed by atoms with Crippen molar-refractivity contribution in [2.24, 2.45) is 0 Å². The first-order valence-corrected chi connectivity index (χ1v) is 8.22. The number of thiophene rings is 1. The number of rotatable bonds is 3. The predicted octanol–water partition coefficient (Wildman–Crippen LogP) is 2.95. The van der Waals surface area contributed by atoms with Crippen LogP contribution < -0.4 is 4.90 Å². The van der Waals surface area contributed by atoms with Crippen LogP contribution in [0.2, 0.25) is 0 Å². The van der Waals surface area contributed by atoms with E-state index in [4.69, 9.17) is 0 Å². The summed E-state index contributed by atoms with van der Waals surface area (Å²) >= 11 is 1.66. The van der Waals surface area contributed by atoms with Crippen molar-refractivity contribution in [2.45, 2.75) is 13.3 Å². The number of carbonyl (C=O) groups excluding carboxylic acids is 1. The van der Waals surface area contributed by atoms with Crippen molar-refractivity contribution in [3.05, 3.63) is 52.2 Å². The predicted molar refractivity (Wildman–Crippen MR) is 88.0 cm³/mol. The molecule has 21 heavy (non-hydrogen) atoms. The van der Waals surface area contributed by atoms with Gasteiger partial charge < -0.3 is 9.80 Å². The van der Waals surface area contributed by atoms with Crippen LogP contribution in [0.4, 0.5) is 5.69 Å². The molecule has 1 amide bonds. The Morgan fingerprint density at radius 2 is 1.81 bits per heavy atom. The van der Waals surface area contributed by atoms with Crippen molar-refractivity contribution in [3.63, 3.8) is 0 Å². The monoisotopic (exact) mass is 300 g/mol. The highest BCUT2D eigenvalue weighted by atomic mass is 32.1. The van der Waals surface area contributed by atoms with Crippen LogP contribution in [0.5, 0.6) is 0 Å². The van der Waals surface area contributed by atoms with Crippen molar-refractivity contribution in [2.75, 3.05) is 31.1 Å². The zero-order valence-electron chi connectivity index (χ0n) is 12.3. The van der Waals surface area contributed by atoms with E-state index in [1.54, 1.807) is 11.3 Å². The molecule has 0 unspecified atom stereocenters. The summed E-state index contributed by atoms with van der Waals surface area (Å²) in [5.74, 6) is 0.251. The van der Waals surface area contributed by atoms with Crippen LogP contribution in [0.3, 0.4) is 0 Å². The van der Waals surface area contributed by atoms with E-state index in [0.717, 1.165) is 31.1 Å². The highest BCUT2D eigenvalue weighted by Gasteiger charge is 2.21. The highest BCUT2D eigenvalue weighted by Crippen LogP contribution is 2.18. The molecule has 1 aliphatic heterocycles. The molecule has 0 saturated carbocycles. The number of amides is 1. The van der Waals surface area contributed by atoms with E-state index in [9.17, 15) is 4.79 Å². The van der Waals surface area contributed by atoms with Gasteiger partial charge in [0.05, 0.1) is 6.42 Å². The number of nitrogens with zero attached hydrogens (tertiary/aromatic N) is 2. The normalized spacial score (nSPS) is 15.3. The first kappa shape index (κ1) is 14.1. The van der Waals surface area contributed by atoms with Crippen molar-refractivity contribution in [1.82, 2.24) is 4.90 Å². The van der Waals surface area contributed by atoms with E-state index in [0.29, 0.717) is 6.42 Å². The fourth-order valence-corrected chi connectivity index (χ4v) is 3.34. The Labute approximate surface area is 129 Å². The third kappa shape index (κ3) is 3.45. The zero-order chi connectivity index (χ0) is 14.7. The Hall–Kier alpha value is -1.81. The zero-order valence-corrected chi connectivity index (χ0v) is 13.1. The van der Waals surface area contributed by atoms with E-state index in [2.05, 4.69) is 36.1 Å². The third-order valence-electron chi connectivity index (χ3n) is 3.94. The van der Waals surface area contributed by atoms with Gasteiger partial charge in [-0.05, 0) is 30.5 Å². The maximum Gasteiger partial charge on any atom is 0.227 e. The molecule has 1 aliphatic rings. The summed E-state index contributed by atoms with van der Waals surface area (Å²) in [7, 11) is 0. The van der Waals surface area contributed by atoms with Gasteiger partial charge in [0.2, 0.25) is 5.91 Å². The molecular formula is C17H20N2OS. The van der Waals surface area contributed by atoms with Crippen LogP contribution in [0.1, 0.15) is 10.4 Å². The number of aryl methyl sites for hydroxylation is 1. The van der Waals surface area contributed by atoms with E-state index < -0.39 is 0 Å². The second-order valence-corrected chi connectivity index (χ2v) is 6.49. The lowest BCUT2D eigenvalue weighted by Crippen LogP contribution is -2.49. The summed E-state index contributed by atoms with van der Waals surface area (Å²) in [6.45, 7) is 5.57.